The molecule has 0 spiro atoms. The van der Waals surface area contributed by atoms with E-state index < -0.39 is 26.1 Å². The molecular weight excluding hydrogens is 240 g/mol. The van der Waals surface area contributed by atoms with Crippen LogP contribution in [0.1, 0.15) is 57.8 Å². The molecule has 0 saturated heterocycles. The van der Waals surface area contributed by atoms with Crippen molar-refractivity contribution in [2.45, 2.75) is 74.1 Å². The van der Waals surface area contributed by atoms with Crippen molar-refractivity contribution < 1.29 is 18.6 Å². The zero-order valence-corrected chi connectivity index (χ0v) is 11.0. The quantitative estimate of drug-likeness (QED) is 0.788. The fourth-order valence-corrected chi connectivity index (χ4v) is 5.56. The third-order valence-corrected chi connectivity index (χ3v) is 7.08. The summed E-state index contributed by atoms with van der Waals surface area (Å²) in [6.45, 7) is 0. The van der Waals surface area contributed by atoms with Crippen LogP contribution in [-0.2, 0) is 9.84 Å². The first-order chi connectivity index (χ1) is 7.98. The molecule has 2 unspecified atom stereocenters. The largest absolute Gasteiger partial charge is 0.389 e. The van der Waals surface area contributed by atoms with E-state index in [0.717, 1.165) is 25.7 Å². The van der Waals surface area contributed by atoms with Gasteiger partial charge in [0.1, 0.15) is 0 Å². The molecule has 0 radical (unpaired) electrons. The summed E-state index contributed by atoms with van der Waals surface area (Å²) in [5.74, 6) is 0. The maximum atomic E-state index is 12.5. The Bertz CT molecular complexity index is 359. The normalized spacial score (nSPS) is 36.9. The molecule has 100 valence electrons. The number of hydrogen-bond acceptors (Lipinski definition) is 4. The molecule has 0 amide bonds. The number of hydrogen-bond donors (Lipinski definition) is 2. The molecule has 2 atom stereocenters. The lowest BCUT2D eigenvalue weighted by molar-refractivity contribution is -0.0418. The molecule has 0 bridgehead atoms. The molecule has 2 aliphatic rings. The van der Waals surface area contributed by atoms with Crippen LogP contribution in [0.25, 0.3) is 0 Å². The lowest BCUT2D eigenvalue weighted by Gasteiger charge is -2.39. The van der Waals surface area contributed by atoms with E-state index >= 15 is 0 Å². The Morgan fingerprint density at radius 3 is 2.12 bits per heavy atom. The van der Waals surface area contributed by atoms with Crippen molar-refractivity contribution in [3.8, 4) is 0 Å². The molecule has 0 heterocycles. The van der Waals surface area contributed by atoms with E-state index in [-0.39, 0.29) is 6.42 Å². The van der Waals surface area contributed by atoms with Gasteiger partial charge in [-0.2, -0.15) is 0 Å². The number of sulfone groups is 1. The lowest BCUT2D eigenvalue weighted by Crippen LogP contribution is -2.54. The SMILES string of the molecule is O=S(=O)(C1CCCCC1)C1(O)CCCCC1O. The van der Waals surface area contributed by atoms with Gasteiger partial charge in [-0.3, -0.25) is 0 Å². The third kappa shape index (κ3) is 2.25. The Kier molecular flexibility index (Phi) is 3.80. The minimum absolute atomic E-state index is 0.188. The number of aliphatic hydroxyl groups excluding tert-OH is 1. The van der Waals surface area contributed by atoms with Gasteiger partial charge in [0.15, 0.2) is 14.8 Å². The molecule has 2 aliphatic carbocycles. The molecule has 0 aromatic carbocycles. The Balaban J connectivity index is 2.23. The van der Waals surface area contributed by atoms with Gasteiger partial charge < -0.3 is 10.2 Å². The monoisotopic (exact) mass is 262 g/mol. The van der Waals surface area contributed by atoms with Gasteiger partial charge >= 0.3 is 0 Å². The van der Waals surface area contributed by atoms with Crippen LogP contribution in [0.2, 0.25) is 0 Å². The summed E-state index contributed by atoms with van der Waals surface area (Å²) in [5.41, 5.74) is 0. The number of rotatable bonds is 2. The van der Waals surface area contributed by atoms with E-state index in [0.29, 0.717) is 25.7 Å². The highest BCUT2D eigenvalue weighted by molar-refractivity contribution is 7.93. The van der Waals surface area contributed by atoms with E-state index in [1.807, 2.05) is 0 Å². The van der Waals surface area contributed by atoms with Gasteiger partial charge in [-0.05, 0) is 32.1 Å². The first kappa shape index (κ1) is 13.3. The van der Waals surface area contributed by atoms with E-state index in [4.69, 9.17) is 0 Å². The summed E-state index contributed by atoms with van der Waals surface area (Å²) >= 11 is 0. The van der Waals surface area contributed by atoms with Crippen LogP contribution in [-0.4, -0.2) is 34.9 Å². The van der Waals surface area contributed by atoms with Gasteiger partial charge in [0.2, 0.25) is 0 Å². The molecule has 4 nitrogen and oxygen atoms in total. The minimum atomic E-state index is -3.63. The second kappa shape index (κ2) is 4.86. The van der Waals surface area contributed by atoms with E-state index in [9.17, 15) is 18.6 Å². The molecule has 2 fully saturated rings. The highest BCUT2D eigenvalue weighted by atomic mass is 32.2. The van der Waals surface area contributed by atoms with E-state index in [1.54, 1.807) is 0 Å². The van der Waals surface area contributed by atoms with Gasteiger partial charge in [-0.1, -0.05) is 25.7 Å². The smallest absolute Gasteiger partial charge is 0.192 e. The summed E-state index contributed by atoms with van der Waals surface area (Å²) in [6.07, 6.45) is 5.12. The maximum absolute atomic E-state index is 12.5. The van der Waals surface area contributed by atoms with Crippen LogP contribution in [0.4, 0.5) is 0 Å². The van der Waals surface area contributed by atoms with Crippen molar-refractivity contribution in [3.05, 3.63) is 0 Å². The van der Waals surface area contributed by atoms with E-state index in [2.05, 4.69) is 0 Å². The van der Waals surface area contributed by atoms with Gasteiger partial charge in [0.25, 0.3) is 0 Å². The predicted molar refractivity (Wildman–Crippen MR) is 65.2 cm³/mol. The molecule has 0 aromatic rings. The van der Waals surface area contributed by atoms with Gasteiger partial charge in [-0.15, -0.1) is 0 Å². The third-order valence-electron chi connectivity index (χ3n) is 4.27. The predicted octanol–water partition coefficient (Wildman–Crippen LogP) is 1.36. The summed E-state index contributed by atoms with van der Waals surface area (Å²) < 4.78 is 24.9. The fraction of sp³-hybridized carbons (Fsp3) is 1.00. The summed E-state index contributed by atoms with van der Waals surface area (Å²) in [7, 11) is -3.63. The Labute approximate surface area is 103 Å². The van der Waals surface area contributed by atoms with Gasteiger partial charge in [0, 0.05) is 0 Å². The zero-order valence-electron chi connectivity index (χ0n) is 10.1. The molecule has 0 aromatic heterocycles. The second-order valence-corrected chi connectivity index (χ2v) is 7.88. The Morgan fingerprint density at radius 2 is 1.53 bits per heavy atom. The van der Waals surface area contributed by atoms with Crippen LogP contribution in [0.15, 0.2) is 0 Å². The topological polar surface area (TPSA) is 74.6 Å². The molecule has 0 aliphatic heterocycles. The summed E-state index contributed by atoms with van der Waals surface area (Å²) in [4.78, 5) is -1.88. The first-order valence-electron chi connectivity index (χ1n) is 6.62. The molecule has 2 N–H and O–H groups in total. The lowest BCUT2D eigenvalue weighted by atomic mass is 9.94. The molecule has 2 saturated carbocycles. The van der Waals surface area contributed by atoms with Crippen LogP contribution < -0.4 is 0 Å². The van der Waals surface area contributed by atoms with Gasteiger partial charge in [0.05, 0.1) is 11.4 Å². The number of aliphatic hydroxyl groups is 2. The molecular formula is C12H22O4S. The van der Waals surface area contributed by atoms with Crippen LogP contribution in [0.3, 0.4) is 0 Å². The van der Waals surface area contributed by atoms with Crippen molar-refractivity contribution >= 4 is 9.84 Å². The average molecular weight is 262 g/mol. The van der Waals surface area contributed by atoms with Crippen LogP contribution >= 0.6 is 0 Å². The Hall–Kier alpha value is -0.130. The first-order valence-corrected chi connectivity index (χ1v) is 8.17. The second-order valence-electron chi connectivity index (χ2n) is 5.41. The zero-order chi connectivity index (χ0) is 12.5. The van der Waals surface area contributed by atoms with Crippen LogP contribution in [0.5, 0.6) is 0 Å². The summed E-state index contributed by atoms with van der Waals surface area (Å²) in [5, 5.41) is 19.8. The van der Waals surface area contributed by atoms with Crippen molar-refractivity contribution in [2.24, 2.45) is 0 Å². The highest BCUT2D eigenvalue weighted by Gasteiger charge is 2.52. The maximum Gasteiger partial charge on any atom is 0.192 e. The molecule has 17 heavy (non-hydrogen) atoms. The van der Waals surface area contributed by atoms with Crippen molar-refractivity contribution in [1.82, 2.24) is 0 Å². The molecule has 5 heteroatoms. The van der Waals surface area contributed by atoms with Gasteiger partial charge in [-0.25, -0.2) is 8.42 Å². The van der Waals surface area contributed by atoms with Crippen molar-refractivity contribution in [2.75, 3.05) is 0 Å². The van der Waals surface area contributed by atoms with Crippen LogP contribution in [0, 0.1) is 0 Å². The van der Waals surface area contributed by atoms with Crippen molar-refractivity contribution in [1.29, 1.82) is 0 Å². The van der Waals surface area contributed by atoms with Crippen molar-refractivity contribution in [3.63, 3.8) is 0 Å². The standard InChI is InChI=1S/C12H22O4S/c13-11-8-4-5-9-12(11,14)17(15,16)10-6-2-1-3-7-10/h10-11,13-14H,1-9H2. The Morgan fingerprint density at radius 1 is 0.941 bits per heavy atom. The highest BCUT2D eigenvalue weighted by Crippen LogP contribution is 2.38. The summed E-state index contributed by atoms with van der Waals surface area (Å²) in [6, 6.07) is 0. The minimum Gasteiger partial charge on any atom is -0.389 e. The van der Waals surface area contributed by atoms with E-state index in [1.165, 1.54) is 0 Å². The molecule has 2 rings (SSSR count). The fourth-order valence-electron chi connectivity index (χ4n) is 3.10. The average Bonchev–Trinajstić information content (AvgIpc) is 2.34.